The quantitative estimate of drug-likeness (QED) is 0.409. The summed E-state index contributed by atoms with van der Waals surface area (Å²) in [5, 5.41) is 5.29. The number of nitrogens with one attached hydrogen (secondary N) is 2. The third-order valence-corrected chi connectivity index (χ3v) is 4.14. The molecule has 1 aromatic carbocycles. The summed E-state index contributed by atoms with van der Waals surface area (Å²) in [7, 11) is 0. The topological polar surface area (TPSA) is 97.1 Å². The van der Waals surface area contributed by atoms with E-state index in [1.807, 2.05) is 17.5 Å². The number of rotatable bonds is 7. The lowest BCUT2D eigenvalue weighted by Gasteiger charge is -2.04. The molecule has 2 amide bonds. The Balaban J connectivity index is 1.82. The van der Waals surface area contributed by atoms with E-state index in [1.54, 1.807) is 0 Å². The first-order chi connectivity index (χ1) is 11.1. The highest BCUT2D eigenvalue weighted by atomic mass is 32.1. The highest BCUT2D eigenvalue weighted by Gasteiger charge is 2.04. The van der Waals surface area contributed by atoms with Crippen molar-refractivity contribution in [3.05, 3.63) is 46.5 Å². The summed E-state index contributed by atoms with van der Waals surface area (Å²) >= 11 is 1.44. The van der Waals surface area contributed by atoms with Gasteiger partial charge in [0.2, 0.25) is 11.8 Å². The van der Waals surface area contributed by atoms with Crippen LogP contribution < -0.4 is 16.6 Å². The number of nitrogens with two attached hydrogens (primary N) is 1. The fourth-order valence-electron chi connectivity index (χ4n) is 2.10. The first kappa shape index (κ1) is 17.1. The van der Waals surface area contributed by atoms with Gasteiger partial charge in [-0.2, -0.15) is 0 Å². The Morgan fingerprint density at radius 3 is 2.39 bits per heavy atom. The fourth-order valence-corrected chi connectivity index (χ4v) is 2.90. The number of thiazole rings is 1. The fraction of sp³-hybridized carbons (Fsp3) is 0.312. The zero-order valence-electron chi connectivity index (χ0n) is 13.0. The van der Waals surface area contributed by atoms with Gasteiger partial charge in [0.05, 0.1) is 5.69 Å². The van der Waals surface area contributed by atoms with Crippen molar-refractivity contribution < 1.29 is 9.59 Å². The summed E-state index contributed by atoms with van der Waals surface area (Å²) in [6.45, 7) is 1.47. The van der Waals surface area contributed by atoms with Crippen molar-refractivity contribution in [2.24, 2.45) is 5.84 Å². The number of benzene rings is 1. The minimum Gasteiger partial charge on any atom is -0.302 e. The van der Waals surface area contributed by atoms with Crippen molar-refractivity contribution in [1.82, 2.24) is 10.4 Å². The number of hydrogen-bond donors (Lipinski definition) is 3. The predicted molar refractivity (Wildman–Crippen MR) is 90.9 cm³/mol. The van der Waals surface area contributed by atoms with Gasteiger partial charge in [0.25, 0.3) is 0 Å². The molecule has 6 nitrogen and oxygen atoms in total. The van der Waals surface area contributed by atoms with Crippen LogP contribution in [0.1, 0.15) is 30.2 Å². The normalized spacial score (nSPS) is 10.3. The molecule has 0 saturated heterocycles. The molecule has 0 fully saturated rings. The third-order valence-electron chi connectivity index (χ3n) is 3.33. The van der Waals surface area contributed by atoms with Gasteiger partial charge < -0.3 is 5.32 Å². The number of hydrazine groups is 1. The van der Waals surface area contributed by atoms with Gasteiger partial charge in [-0.05, 0) is 30.4 Å². The summed E-state index contributed by atoms with van der Waals surface area (Å²) in [5.41, 5.74) is 5.43. The minimum atomic E-state index is -0.160. The Kier molecular flexibility index (Phi) is 6.25. The average Bonchev–Trinajstić information content (AvgIpc) is 2.98. The second kappa shape index (κ2) is 8.40. The van der Waals surface area contributed by atoms with Gasteiger partial charge in [-0.25, -0.2) is 10.8 Å². The zero-order valence-corrected chi connectivity index (χ0v) is 13.8. The molecule has 2 rings (SSSR count). The van der Waals surface area contributed by atoms with Crippen molar-refractivity contribution in [3.63, 3.8) is 0 Å². The summed E-state index contributed by atoms with van der Waals surface area (Å²) in [6, 6.07) is 8.19. The van der Waals surface area contributed by atoms with Gasteiger partial charge in [0.15, 0.2) is 5.13 Å². The smallest absolute Gasteiger partial charge is 0.234 e. The lowest BCUT2D eigenvalue weighted by molar-refractivity contribution is -0.121. The molecule has 0 spiro atoms. The molecule has 0 aliphatic rings. The lowest BCUT2D eigenvalue weighted by Crippen LogP contribution is -2.30. The van der Waals surface area contributed by atoms with Crippen LogP contribution in [0.3, 0.4) is 0 Å². The minimum absolute atomic E-state index is 0.107. The van der Waals surface area contributed by atoms with Crippen molar-refractivity contribution in [1.29, 1.82) is 0 Å². The first-order valence-electron chi connectivity index (χ1n) is 7.36. The molecule has 0 radical (unpaired) electrons. The van der Waals surface area contributed by atoms with Crippen molar-refractivity contribution in [2.45, 2.75) is 32.6 Å². The van der Waals surface area contributed by atoms with Gasteiger partial charge in [-0.3, -0.25) is 15.0 Å². The standard InChI is InChI=1S/C16H20N4O2S/c1-11(21)18-16-19-14(10-23-16)8-6-12-2-4-13(5-3-12)7-9-15(22)20-17/h2-5,10H,6-9,17H2,1H3,(H,20,22)(H,18,19,21). The van der Waals surface area contributed by atoms with Crippen LogP contribution in [0.5, 0.6) is 0 Å². The monoisotopic (exact) mass is 332 g/mol. The molecule has 0 saturated carbocycles. The van der Waals surface area contributed by atoms with Crippen LogP contribution in [-0.4, -0.2) is 16.8 Å². The highest BCUT2D eigenvalue weighted by molar-refractivity contribution is 7.13. The van der Waals surface area contributed by atoms with Crippen LogP contribution in [0.25, 0.3) is 0 Å². The van der Waals surface area contributed by atoms with Crippen LogP contribution in [0.15, 0.2) is 29.6 Å². The largest absolute Gasteiger partial charge is 0.302 e. The van der Waals surface area contributed by atoms with Crippen molar-refractivity contribution in [2.75, 3.05) is 5.32 Å². The Morgan fingerprint density at radius 1 is 1.13 bits per heavy atom. The summed E-state index contributed by atoms with van der Waals surface area (Å²) < 4.78 is 0. The van der Waals surface area contributed by atoms with Crippen molar-refractivity contribution >= 4 is 28.3 Å². The van der Waals surface area contributed by atoms with Gasteiger partial charge in [0.1, 0.15) is 0 Å². The van der Waals surface area contributed by atoms with E-state index in [2.05, 4.69) is 27.9 Å². The van der Waals surface area contributed by atoms with E-state index < -0.39 is 0 Å². The SMILES string of the molecule is CC(=O)Nc1nc(CCc2ccc(CCC(=O)NN)cc2)cs1. The molecule has 4 N–H and O–H groups in total. The molecule has 7 heteroatoms. The number of carbonyl (C=O) groups excluding carboxylic acids is 2. The van der Waals surface area contributed by atoms with E-state index in [1.165, 1.54) is 23.8 Å². The molecule has 0 aliphatic heterocycles. The first-order valence-corrected chi connectivity index (χ1v) is 8.24. The van der Waals surface area contributed by atoms with Crippen molar-refractivity contribution in [3.8, 4) is 0 Å². The Labute approximate surface area is 139 Å². The Bertz CT molecular complexity index is 667. The molecule has 2 aromatic rings. The highest BCUT2D eigenvalue weighted by Crippen LogP contribution is 2.17. The molecule has 0 bridgehead atoms. The molecule has 1 aromatic heterocycles. The van der Waals surface area contributed by atoms with Crippen LogP contribution in [0.4, 0.5) is 5.13 Å². The maximum absolute atomic E-state index is 11.1. The Hall–Kier alpha value is -2.25. The van der Waals surface area contributed by atoms with E-state index in [0.717, 1.165) is 24.1 Å². The molecular weight excluding hydrogens is 312 g/mol. The molecular formula is C16H20N4O2S. The number of carbonyl (C=O) groups is 2. The lowest BCUT2D eigenvalue weighted by atomic mass is 10.0. The van der Waals surface area contributed by atoms with E-state index in [9.17, 15) is 9.59 Å². The van der Waals surface area contributed by atoms with Gasteiger partial charge >= 0.3 is 0 Å². The summed E-state index contributed by atoms with van der Waals surface area (Å²) in [5.74, 6) is 4.79. The zero-order chi connectivity index (χ0) is 16.7. The molecule has 0 aliphatic carbocycles. The summed E-state index contributed by atoms with van der Waals surface area (Å²) in [6.07, 6.45) is 2.77. The van der Waals surface area contributed by atoms with Crippen LogP contribution in [0, 0.1) is 0 Å². The predicted octanol–water partition coefficient (Wildman–Crippen LogP) is 1.81. The van der Waals surface area contributed by atoms with Gasteiger partial charge in [-0.15, -0.1) is 11.3 Å². The van der Waals surface area contributed by atoms with Crippen LogP contribution >= 0.6 is 11.3 Å². The molecule has 1 heterocycles. The van der Waals surface area contributed by atoms with Crippen LogP contribution in [0.2, 0.25) is 0 Å². The molecule has 23 heavy (non-hydrogen) atoms. The maximum Gasteiger partial charge on any atom is 0.234 e. The Morgan fingerprint density at radius 2 is 1.78 bits per heavy atom. The number of nitrogens with zero attached hydrogens (tertiary/aromatic N) is 1. The number of anilines is 1. The summed E-state index contributed by atoms with van der Waals surface area (Å²) in [4.78, 5) is 26.5. The number of aryl methyl sites for hydroxylation is 3. The van der Waals surface area contributed by atoms with Gasteiger partial charge in [0, 0.05) is 18.7 Å². The average molecular weight is 332 g/mol. The van der Waals surface area contributed by atoms with E-state index in [-0.39, 0.29) is 11.8 Å². The van der Waals surface area contributed by atoms with E-state index >= 15 is 0 Å². The molecule has 0 unspecified atom stereocenters. The second-order valence-corrected chi connectivity index (χ2v) is 6.07. The number of hydrogen-bond acceptors (Lipinski definition) is 5. The second-order valence-electron chi connectivity index (χ2n) is 5.21. The van der Waals surface area contributed by atoms with E-state index in [4.69, 9.17) is 5.84 Å². The molecule has 122 valence electrons. The number of aromatic nitrogens is 1. The third kappa shape index (κ3) is 5.80. The van der Waals surface area contributed by atoms with Crippen LogP contribution in [-0.2, 0) is 28.9 Å². The van der Waals surface area contributed by atoms with Gasteiger partial charge in [-0.1, -0.05) is 24.3 Å². The molecule has 0 atom stereocenters. The van der Waals surface area contributed by atoms with E-state index in [0.29, 0.717) is 18.0 Å². The number of amides is 2. The maximum atomic E-state index is 11.1.